The van der Waals surface area contributed by atoms with Crippen molar-refractivity contribution in [3.63, 3.8) is 0 Å². The van der Waals surface area contributed by atoms with E-state index in [4.69, 9.17) is 11.6 Å². The smallest absolute Gasteiger partial charge is 0.243 e. The topological polar surface area (TPSA) is 49.4 Å². The summed E-state index contributed by atoms with van der Waals surface area (Å²) >= 11 is 7.82. The molecule has 1 N–H and O–H groups in total. The number of carbonyl (C=O) groups excluding carboxylic acids is 2. The minimum absolute atomic E-state index is 0.0293. The number of carbonyl (C=O) groups is 2. The van der Waals surface area contributed by atoms with Crippen LogP contribution in [0.5, 0.6) is 0 Å². The van der Waals surface area contributed by atoms with Crippen molar-refractivity contribution < 1.29 is 9.59 Å². The number of rotatable bonds is 12. The predicted octanol–water partition coefficient (Wildman–Crippen LogP) is 6.44. The molecule has 2 amide bonds. The van der Waals surface area contributed by atoms with Crippen LogP contribution in [0.1, 0.15) is 42.5 Å². The largest absolute Gasteiger partial charge is 0.352 e. The Morgan fingerprint density at radius 3 is 2.28 bits per heavy atom. The van der Waals surface area contributed by atoms with E-state index < -0.39 is 6.04 Å². The average Bonchev–Trinajstić information content (AvgIpc) is 2.88. The van der Waals surface area contributed by atoms with Crippen LogP contribution in [0.25, 0.3) is 0 Å². The molecule has 0 saturated carbocycles. The first-order valence-corrected chi connectivity index (χ1v) is 13.9. The molecule has 0 aliphatic rings. The Hall–Kier alpha value is -2.76. The molecule has 0 heterocycles. The van der Waals surface area contributed by atoms with E-state index in [1.807, 2.05) is 99.6 Å². The minimum Gasteiger partial charge on any atom is -0.352 e. The van der Waals surface area contributed by atoms with E-state index in [0.717, 1.165) is 28.7 Å². The maximum Gasteiger partial charge on any atom is 0.243 e. The summed E-state index contributed by atoms with van der Waals surface area (Å²) in [5.41, 5.74) is 4.17. The lowest BCUT2D eigenvalue weighted by Crippen LogP contribution is -2.52. The van der Waals surface area contributed by atoms with Crippen molar-refractivity contribution in [2.45, 2.75) is 58.0 Å². The summed E-state index contributed by atoms with van der Waals surface area (Å²) in [6.45, 7) is 6.44. The third-order valence-electron chi connectivity index (χ3n) is 6.19. The van der Waals surface area contributed by atoms with Gasteiger partial charge in [0.2, 0.25) is 11.8 Å². The molecule has 3 aromatic rings. The summed E-state index contributed by atoms with van der Waals surface area (Å²) < 4.78 is 0. The van der Waals surface area contributed by atoms with Gasteiger partial charge in [-0.1, -0.05) is 96.9 Å². The van der Waals surface area contributed by atoms with Gasteiger partial charge in [0.15, 0.2) is 0 Å². The Morgan fingerprint density at radius 2 is 1.61 bits per heavy atom. The Morgan fingerprint density at radius 1 is 0.944 bits per heavy atom. The molecule has 0 aliphatic carbocycles. The summed E-state index contributed by atoms with van der Waals surface area (Å²) in [7, 11) is 0. The lowest BCUT2D eigenvalue weighted by atomic mass is 10.0. The number of aryl methyl sites for hydroxylation is 1. The molecule has 0 saturated heterocycles. The Labute approximate surface area is 224 Å². The van der Waals surface area contributed by atoms with Crippen LogP contribution in [0.3, 0.4) is 0 Å². The van der Waals surface area contributed by atoms with Crippen LogP contribution in [0.4, 0.5) is 0 Å². The number of nitrogens with one attached hydrogen (secondary N) is 1. The normalized spacial score (nSPS) is 12.6. The summed E-state index contributed by atoms with van der Waals surface area (Å²) in [4.78, 5) is 28.9. The average molecular weight is 523 g/mol. The first-order chi connectivity index (χ1) is 17.4. The van der Waals surface area contributed by atoms with Gasteiger partial charge in [0.25, 0.3) is 0 Å². The molecule has 190 valence electrons. The van der Waals surface area contributed by atoms with Gasteiger partial charge >= 0.3 is 0 Å². The molecule has 3 rings (SSSR count). The predicted molar refractivity (Wildman–Crippen MR) is 151 cm³/mol. The summed E-state index contributed by atoms with van der Waals surface area (Å²) in [6.07, 6.45) is 1.28. The fourth-order valence-corrected chi connectivity index (χ4v) is 5.03. The zero-order chi connectivity index (χ0) is 25.9. The number of nitrogens with zero attached hydrogens (tertiary/aromatic N) is 1. The number of benzene rings is 3. The number of hydrogen-bond acceptors (Lipinski definition) is 3. The Kier molecular flexibility index (Phi) is 10.9. The van der Waals surface area contributed by atoms with Crippen molar-refractivity contribution in [1.29, 1.82) is 0 Å². The Balaban J connectivity index is 1.85. The molecule has 2 atom stereocenters. The van der Waals surface area contributed by atoms with Gasteiger partial charge in [-0.25, -0.2) is 0 Å². The van der Waals surface area contributed by atoms with Gasteiger partial charge < -0.3 is 10.2 Å². The second kappa shape index (κ2) is 14.1. The Bertz CT molecular complexity index is 1120. The van der Waals surface area contributed by atoms with Crippen LogP contribution < -0.4 is 5.32 Å². The van der Waals surface area contributed by atoms with Gasteiger partial charge in [-0.15, -0.1) is 11.8 Å². The summed E-state index contributed by atoms with van der Waals surface area (Å²) in [5, 5.41) is 3.81. The monoisotopic (exact) mass is 522 g/mol. The summed E-state index contributed by atoms with van der Waals surface area (Å²) in [6, 6.07) is 25.1. The molecule has 0 aromatic heterocycles. The van der Waals surface area contributed by atoms with Crippen molar-refractivity contribution >= 4 is 35.2 Å². The van der Waals surface area contributed by atoms with Gasteiger partial charge in [0.05, 0.1) is 5.75 Å². The van der Waals surface area contributed by atoms with Crippen molar-refractivity contribution in [3.8, 4) is 0 Å². The number of thioether (sulfide) groups is 1. The zero-order valence-electron chi connectivity index (χ0n) is 21.2. The highest BCUT2D eigenvalue weighted by Gasteiger charge is 2.30. The standard InChI is InChI=1S/C30H35ClN2O2S/c1-4-23(3)32-30(35)28(18-24-10-6-5-7-11-24)33(19-25-16-14-22(2)15-17-25)29(34)21-36-20-26-12-8-9-13-27(26)31/h5-17,23,28H,4,18-21H2,1-3H3,(H,32,35)/t23-,28-/m1/s1. The molecule has 4 nitrogen and oxygen atoms in total. The van der Waals surface area contributed by atoms with Crippen LogP contribution >= 0.6 is 23.4 Å². The van der Waals surface area contributed by atoms with E-state index in [0.29, 0.717) is 23.7 Å². The highest BCUT2D eigenvalue weighted by molar-refractivity contribution is 7.99. The molecule has 0 aliphatic heterocycles. The second-order valence-corrected chi connectivity index (χ2v) is 10.5. The third kappa shape index (κ3) is 8.42. The number of halogens is 1. The highest BCUT2D eigenvalue weighted by Crippen LogP contribution is 2.22. The molecule has 36 heavy (non-hydrogen) atoms. The van der Waals surface area contributed by atoms with Crippen molar-refractivity contribution in [3.05, 3.63) is 106 Å². The van der Waals surface area contributed by atoms with E-state index in [9.17, 15) is 9.59 Å². The lowest BCUT2D eigenvalue weighted by Gasteiger charge is -2.32. The van der Waals surface area contributed by atoms with Crippen molar-refractivity contribution in [1.82, 2.24) is 10.2 Å². The SMILES string of the molecule is CC[C@@H](C)NC(=O)[C@@H](Cc1ccccc1)N(Cc1ccc(C)cc1)C(=O)CSCc1ccccc1Cl. The van der Waals surface area contributed by atoms with Gasteiger partial charge in [0, 0.05) is 29.8 Å². The van der Waals surface area contributed by atoms with Gasteiger partial charge in [0.1, 0.15) is 6.04 Å². The fourth-order valence-electron chi connectivity index (χ4n) is 3.83. The highest BCUT2D eigenvalue weighted by atomic mass is 35.5. The van der Waals surface area contributed by atoms with E-state index in [1.165, 1.54) is 11.8 Å². The van der Waals surface area contributed by atoms with Crippen LogP contribution in [0.2, 0.25) is 5.02 Å². The summed E-state index contributed by atoms with van der Waals surface area (Å²) in [5.74, 6) is 0.711. The maximum atomic E-state index is 13.7. The zero-order valence-corrected chi connectivity index (χ0v) is 22.8. The number of amides is 2. The number of hydrogen-bond donors (Lipinski definition) is 1. The molecular weight excluding hydrogens is 488 g/mol. The first-order valence-electron chi connectivity index (χ1n) is 12.4. The lowest BCUT2D eigenvalue weighted by molar-refractivity contribution is -0.139. The van der Waals surface area contributed by atoms with E-state index in [-0.39, 0.29) is 23.6 Å². The molecule has 0 spiro atoms. The van der Waals surface area contributed by atoms with Gasteiger partial charge in [-0.3, -0.25) is 9.59 Å². The second-order valence-electron chi connectivity index (χ2n) is 9.11. The molecule has 0 bridgehead atoms. The quantitative estimate of drug-likeness (QED) is 0.298. The molecule has 6 heteroatoms. The van der Waals surface area contributed by atoms with E-state index in [2.05, 4.69) is 5.32 Å². The molecular formula is C30H35ClN2O2S. The van der Waals surface area contributed by atoms with E-state index >= 15 is 0 Å². The van der Waals surface area contributed by atoms with Crippen LogP contribution in [0, 0.1) is 6.92 Å². The van der Waals surface area contributed by atoms with Crippen molar-refractivity contribution in [2.75, 3.05) is 5.75 Å². The molecule has 3 aromatic carbocycles. The van der Waals surface area contributed by atoms with Crippen LogP contribution in [0.15, 0.2) is 78.9 Å². The van der Waals surface area contributed by atoms with Crippen LogP contribution in [-0.4, -0.2) is 34.6 Å². The minimum atomic E-state index is -0.615. The van der Waals surface area contributed by atoms with Crippen molar-refractivity contribution in [2.24, 2.45) is 0 Å². The van der Waals surface area contributed by atoms with Gasteiger partial charge in [-0.05, 0) is 43.0 Å². The molecule has 0 fully saturated rings. The van der Waals surface area contributed by atoms with Gasteiger partial charge in [-0.2, -0.15) is 0 Å². The van der Waals surface area contributed by atoms with E-state index in [1.54, 1.807) is 4.90 Å². The van der Waals surface area contributed by atoms with Crippen LogP contribution in [-0.2, 0) is 28.3 Å². The fraction of sp³-hybridized carbons (Fsp3) is 0.333. The third-order valence-corrected chi connectivity index (χ3v) is 7.52. The first kappa shape index (κ1) is 27.8. The molecule has 0 radical (unpaired) electrons. The molecule has 0 unspecified atom stereocenters. The maximum absolute atomic E-state index is 13.7.